The predicted octanol–water partition coefficient (Wildman–Crippen LogP) is 3.25. The van der Waals surface area contributed by atoms with Gasteiger partial charge in [0.15, 0.2) is 0 Å². The van der Waals surface area contributed by atoms with Crippen molar-refractivity contribution < 1.29 is 4.74 Å². The maximum absolute atomic E-state index is 5.28. The molecule has 0 amide bonds. The van der Waals surface area contributed by atoms with Gasteiger partial charge in [-0.1, -0.05) is 30.3 Å². The first-order valence-electron chi connectivity index (χ1n) is 5.85. The number of rotatable bonds is 2. The highest BCUT2D eigenvalue weighted by Gasteiger charge is 2.23. The Hall–Kier alpha value is -1.96. The fourth-order valence-corrected chi connectivity index (χ4v) is 2.44. The number of methoxy groups -OCH3 is 1. The number of nitrogens with one attached hydrogen (secondary N) is 1. The minimum Gasteiger partial charge on any atom is -0.497 e. The van der Waals surface area contributed by atoms with Gasteiger partial charge in [0.25, 0.3) is 0 Å². The molecule has 1 N–H and O–H groups in total. The average Bonchev–Trinajstić information content (AvgIpc) is 2.82. The predicted molar refractivity (Wildman–Crippen MR) is 69.8 cm³/mol. The SMILES string of the molecule is COc1cccc(C2CNc3ccccc32)c1. The van der Waals surface area contributed by atoms with Gasteiger partial charge in [-0.05, 0) is 29.3 Å². The van der Waals surface area contributed by atoms with Gasteiger partial charge in [0.05, 0.1) is 7.11 Å². The lowest BCUT2D eigenvalue weighted by atomic mass is 9.93. The van der Waals surface area contributed by atoms with E-state index in [4.69, 9.17) is 4.74 Å². The number of benzene rings is 2. The molecule has 0 saturated carbocycles. The van der Waals surface area contributed by atoms with E-state index >= 15 is 0 Å². The van der Waals surface area contributed by atoms with Crippen LogP contribution in [0.25, 0.3) is 0 Å². The van der Waals surface area contributed by atoms with Gasteiger partial charge in [-0.2, -0.15) is 0 Å². The Bertz CT molecular complexity index is 536. The van der Waals surface area contributed by atoms with Crippen molar-refractivity contribution in [3.8, 4) is 5.75 Å². The molecule has 0 aromatic heterocycles. The summed E-state index contributed by atoms with van der Waals surface area (Å²) in [6.45, 7) is 0.965. The molecule has 1 heterocycles. The highest BCUT2D eigenvalue weighted by molar-refractivity contribution is 5.60. The first-order chi connectivity index (χ1) is 8.38. The fourth-order valence-electron chi connectivity index (χ4n) is 2.44. The summed E-state index contributed by atoms with van der Waals surface area (Å²) >= 11 is 0. The van der Waals surface area contributed by atoms with Crippen LogP contribution in [-0.2, 0) is 0 Å². The molecule has 2 aromatic carbocycles. The second kappa shape index (κ2) is 4.13. The van der Waals surface area contributed by atoms with Gasteiger partial charge >= 0.3 is 0 Å². The highest BCUT2D eigenvalue weighted by Crippen LogP contribution is 2.36. The monoisotopic (exact) mass is 225 g/mol. The van der Waals surface area contributed by atoms with Crippen LogP contribution >= 0.6 is 0 Å². The lowest BCUT2D eigenvalue weighted by molar-refractivity contribution is 0.414. The van der Waals surface area contributed by atoms with Gasteiger partial charge in [0.1, 0.15) is 5.75 Å². The normalized spacial score (nSPS) is 17.4. The molecule has 0 aliphatic carbocycles. The summed E-state index contributed by atoms with van der Waals surface area (Å²) in [7, 11) is 1.71. The first kappa shape index (κ1) is 10.2. The Morgan fingerprint density at radius 2 is 2.00 bits per heavy atom. The number of hydrogen-bond acceptors (Lipinski definition) is 2. The summed E-state index contributed by atoms with van der Waals surface area (Å²) in [4.78, 5) is 0. The quantitative estimate of drug-likeness (QED) is 0.847. The third kappa shape index (κ3) is 1.76. The van der Waals surface area contributed by atoms with Crippen LogP contribution in [0.3, 0.4) is 0 Å². The van der Waals surface area contributed by atoms with E-state index in [1.807, 2.05) is 6.07 Å². The van der Waals surface area contributed by atoms with Crippen LogP contribution in [0.15, 0.2) is 48.5 Å². The molecule has 86 valence electrons. The van der Waals surface area contributed by atoms with Crippen molar-refractivity contribution in [2.24, 2.45) is 0 Å². The minimum atomic E-state index is 0.432. The second-order valence-electron chi connectivity index (χ2n) is 4.30. The van der Waals surface area contributed by atoms with E-state index in [0.717, 1.165) is 12.3 Å². The van der Waals surface area contributed by atoms with Crippen molar-refractivity contribution in [1.82, 2.24) is 0 Å². The van der Waals surface area contributed by atoms with Gasteiger partial charge in [0, 0.05) is 18.2 Å². The van der Waals surface area contributed by atoms with Crippen LogP contribution in [0, 0.1) is 0 Å². The summed E-state index contributed by atoms with van der Waals surface area (Å²) in [5.74, 6) is 1.35. The molecule has 0 fully saturated rings. The van der Waals surface area contributed by atoms with E-state index in [0.29, 0.717) is 5.92 Å². The Morgan fingerprint density at radius 3 is 2.88 bits per heavy atom. The summed E-state index contributed by atoms with van der Waals surface area (Å²) in [5, 5.41) is 3.45. The smallest absolute Gasteiger partial charge is 0.119 e. The summed E-state index contributed by atoms with van der Waals surface area (Å²) in [6, 6.07) is 16.8. The molecule has 2 heteroatoms. The average molecular weight is 225 g/mol. The molecule has 1 aliphatic heterocycles. The maximum atomic E-state index is 5.28. The van der Waals surface area contributed by atoms with Gasteiger partial charge in [0.2, 0.25) is 0 Å². The molecule has 1 atom stereocenters. The third-order valence-corrected chi connectivity index (χ3v) is 3.33. The van der Waals surface area contributed by atoms with Crippen molar-refractivity contribution in [3.05, 3.63) is 59.7 Å². The van der Waals surface area contributed by atoms with E-state index in [-0.39, 0.29) is 0 Å². The molecule has 2 nitrogen and oxygen atoms in total. The van der Waals surface area contributed by atoms with Crippen molar-refractivity contribution in [2.45, 2.75) is 5.92 Å². The molecular formula is C15H15NO. The first-order valence-corrected chi connectivity index (χ1v) is 5.85. The Labute approximate surface area is 101 Å². The molecule has 0 bridgehead atoms. The molecule has 17 heavy (non-hydrogen) atoms. The van der Waals surface area contributed by atoms with Crippen molar-refractivity contribution in [1.29, 1.82) is 0 Å². The zero-order valence-electron chi connectivity index (χ0n) is 9.81. The van der Waals surface area contributed by atoms with Crippen LogP contribution in [-0.4, -0.2) is 13.7 Å². The summed E-state index contributed by atoms with van der Waals surface area (Å²) in [5.41, 5.74) is 3.93. The lowest BCUT2D eigenvalue weighted by Crippen LogP contribution is -2.03. The molecule has 0 radical (unpaired) electrons. The van der Waals surface area contributed by atoms with Crippen molar-refractivity contribution >= 4 is 5.69 Å². The molecule has 0 saturated heterocycles. The third-order valence-electron chi connectivity index (χ3n) is 3.33. The number of anilines is 1. The topological polar surface area (TPSA) is 21.3 Å². The van der Waals surface area contributed by atoms with Crippen LogP contribution in [0.4, 0.5) is 5.69 Å². The zero-order valence-corrected chi connectivity index (χ0v) is 9.81. The van der Waals surface area contributed by atoms with Crippen LogP contribution in [0.1, 0.15) is 17.0 Å². The van der Waals surface area contributed by atoms with Gasteiger partial charge < -0.3 is 10.1 Å². The number of ether oxygens (including phenoxy) is 1. The lowest BCUT2D eigenvalue weighted by Gasteiger charge is -2.11. The number of hydrogen-bond donors (Lipinski definition) is 1. The number of fused-ring (bicyclic) bond motifs is 1. The van der Waals surface area contributed by atoms with Gasteiger partial charge in [-0.15, -0.1) is 0 Å². The molecular weight excluding hydrogens is 210 g/mol. The largest absolute Gasteiger partial charge is 0.497 e. The van der Waals surface area contributed by atoms with Crippen molar-refractivity contribution in [2.75, 3.05) is 19.0 Å². The van der Waals surface area contributed by atoms with Crippen molar-refractivity contribution in [3.63, 3.8) is 0 Å². The standard InChI is InChI=1S/C15H15NO/c1-17-12-6-4-5-11(9-12)14-10-16-15-8-3-2-7-13(14)15/h2-9,14,16H,10H2,1H3. The minimum absolute atomic E-state index is 0.432. The van der Waals surface area contributed by atoms with E-state index < -0.39 is 0 Å². The van der Waals surface area contributed by atoms with E-state index in [9.17, 15) is 0 Å². The van der Waals surface area contributed by atoms with E-state index in [1.54, 1.807) is 7.11 Å². The van der Waals surface area contributed by atoms with E-state index in [1.165, 1.54) is 16.8 Å². The van der Waals surface area contributed by atoms with Crippen LogP contribution < -0.4 is 10.1 Å². The molecule has 3 rings (SSSR count). The Kier molecular flexibility index (Phi) is 2.48. The maximum Gasteiger partial charge on any atom is 0.119 e. The molecule has 1 unspecified atom stereocenters. The number of para-hydroxylation sites is 1. The summed E-state index contributed by atoms with van der Waals surface area (Å²) < 4.78 is 5.28. The fraction of sp³-hybridized carbons (Fsp3) is 0.200. The van der Waals surface area contributed by atoms with Gasteiger partial charge in [-0.3, -0.25) is 0 Å². The Morgan fingerprint density at radius 1 is 1.12 bits per heavy atom. The van der Waals surface area contributed by atoms with E-state index in [2.05, 4.69) is 47.8 Å². The molecule has 1 aliphatic rings. The Balaban J connectivity index is 2.01. The zero-order chi connectivity index (χ0) is 11.7. The second-order valence-corrected chi connectivity index (χ2v) is 4.30. The summed E-state index contributed by atoms with van der Waals surface area (Å²) in [6.07, 6.45) is 0. The van der Waals surface area contributed by atoms with Gasteiger partial charge in [-0.25, -0.2) is 0 Å². The van der Waals surface area contributed by atoms with Crippen LogP contribution in [0.2, 0.25) is 0 Å². The molecule has 2 aromatic rings. The molecule has 0 spiro atoms. The highest BCUT2D eigenvalue weighted by atomic mass is 16.5. The van der Waals surface area contributed by atoms with Crippen LogP contribution in [0.5, 0.6) is 5.75 Å².